The van der Waals surface area contributed by atoms with E-state index in [0.717, 1.165) is 29.9 Å². The summed E-state index contributed by atoms with van der Waals surface area (Å²) in [7, 11) is 1.18. The third-order valence-corrected chi connectivity index (χ3v) is 4.68. The zero-order valence-corrected chi connectivity index (χ0v) is 15.0. The molecule has 0 radical (unpaired) electrons. The van der Waals surface area contributed by atoms with Crippen LogP contribution in [0.15, 0.2) is 48.5 Å². The summed E-state index contributed by atoms with van der Waals surface area (Å²) < 4.78 is 5.93. The van der Waals surface area contributed by atoms with Crippen molar-refractivity contribution in [3.8, 4) is 11.5 Å². The number of hydroxylamine groups is 4. The molecule has 2 atom stereocenters. The number of rotatable bonds is 6. The van der Waals surface area contributed by atoms with E-state index >= 15 is 0 Å². The number of nitrogens with zero attached hydrogens (tertiary/aromatic N) is 2. The summed E-state index contributed by atoms with van der Waals surface area (Å²) in [5, 5.41) is 19.7. The van der Waals surface area contributed by atoms with E-state index in [1.165, 1.54) is 12.6 Å². The SMILES string of the molecule is CCc1ccc(Oc2cccc([C@@H]3C[C@H]3CN(O)C(=O)N(C)O)c2)cc1. The molecule has 0 aromatic heterocycles. The number of aryl methyl sites for hydroxylation is 1. The molecule has 0 heterocycles. The highest BCUT2D eigenvalue weighted by Crippen LogP contribution is 2.48. The summed E-state index contributed by atoms with van der Waals surface area (Å²) in [5.41, 5.74) is 2.39. The molecular weight excluding hydrogens is 332 g/mol. The Kier molecular flexibility index (Phi) is 5.44. The third-order valence-electron chi connectivity index (χ3n) is 4.68. The van der Waals surface area contributed by atoms with E-state index in [4.69, 9.17) is 9.94 Å². The molecule has 26 heavy (non-hydrogen) atoms. The Morgan fingerprint density at radius 1 is 1.15 bits per heavy atom. The summed E-state index contributed by atoms with van der Waals surface area (Å²) in [4.78, 5) is 11.5. The smallest absolute Gasteiger partial charge is 0.367 e. The topological polar surface area (TPSA) is 73.2 Å². The number of urea groups is 1. The van der Waals surface area contributed by atoms with Crippen LogP contribution in [0.5, 0.6) is 11.5 Å². The van der Waals surface area contributed by atoms with E-state index in [-0.39, 0.29) is 18.4 Å². The quantitative estimate of drug-likeness (QED) is 0.599. The van der Waals surface area contributed by atoms with Crippen LogP contribution in [0.3, 0.4) is 0 Å². The van der Waals surface area contributed by atoms with E-state index in [9.17, 15) is 10.0 Å². The molecule has 3 rings (SSSR count). The second kappa shape index (κ2) is 7.76. The number of ether oxygens (including phenoxy) is 1. The van der Waals surface area contributed by atoms with E-state index in [1.54, 1.807) is 0 Å². The molecule has 1 aliphatic carbocycles. The molecule has 1 saturated carbocycles. The molecule has 0 unspecified atom stereocenters. The molecule has 2 N–H and O–H groups in total. The lowest BCUT2D eigenvalue weighted by Crippen LogP contribution is -2.38. The molecule has 6 heteroatoms. The van der Waals surface area contributed by atoms with Crippen molar-refractivity contribution in [1.82, 2.24) is 10.1 Å². The Morgan fingerprint density at radius 2 is 1.88 bits per heavy atom. The zero-order chi connectivity index (χ0) is 18.7. The van der Waals surface area contributed by atoms with Crippen LogP contribution < -0.4 is 4.74 Å². The van der Waals surface area contributed by atoms with E-state index in [0.29, 0.717) is 10.1 Å². The fourth-order valence-electron chi connectivity index (χ4n) is 3.06. The zero-order valence-electron chi connectivity index (χ0n) is 15.0. The van der Waals surface area contributed by atoms with E-state index < -0.39 is 6.03 Å². The molecule has 0 saturated heterocycles. The van der Waals surface area contributed by atoms with Crippen molar-refractivity contribution in [2.75, 3.05) is 13.6 Å². The molecule has 2 amide bonds. The van der Waals surface area contributed by atoms with Gasteiger partial charge in [-0.15, -0.1) is 0 Å². The third kappa shape index (κ3) is 4.33. The maximum atomic E-state index is 11.5. The first kappa shape index (κ1) is 18.2. The van der Waals surface area contributed by atoms with E-state index in [2.05, 4.69) is 19.1 Å². The molecule has 1 aliphatic rings. The maximum Gasteiger partial charge on any atom is 0.367 e. The highest BCUT2D eigenvalue weighted by Gasteiger charge is 2.40. The predicted octanol–water partition coefficient (Wildman–Crippen LogP) is 4.28. The summed E-state index contributed by atoms with van der Waals surface area (Å²) in [6.07, 6.45) is 1.88. The Hall–Kier alpha value is -2.57. The van der Waals surface area contributed by atoms with Crippen LogP contribution in [0.4, 0.5) is 4.79 Å². The highest BCUT2D eigenvalue weighted by atomic mass is 16.6. The van der Waals surface area contributed by atoms with Gasteiger partial charge in [0.05, 0.1) is 6.54 Å². The van der Waals surface area contributed by atoms with Gasteiger partial charge in [-0.2, -0.15) is 0 Å². The summed E-state index contributed by atoms with van der Waals surface area (Å²) in [5.74, 6) is 2.00. The molecule has 0 aliphatic heterocycles. The van der Waals surface area contributed by atoms with Gasteiger partial charge in [0.25, 0.3) is 0 Å². The van der Waals surface area contributed by atoms with Crippen LogP contribution in [0.2, 0.25) is 0 Å². The van der Waals surface area contributed by atoms with Gasteiger partial charge in [0.15, 0.2) is 0 Å². The van der Waals surface area contributed by atoms with Crippen molar-refractivity contribution >= 4 is 6.03 Å². The van der Waals surface area contributed by atoms with Crippen LogP contribution in [0.1, 0.15) is 30.4 Å². The standard InChI is InChI=1S/C20H24N2O4/c1-3-14-7-9-17(10-8-14)26-18-6-4-5-15(11-18)19-12-16(19)13-22(25)20(23)21(2)24/h4-11,16,19,24-25H,3,12-13H2,1-2H3/t16-,19-/m0/s1. The average molecular weight is 356 g/mol. The molecular formula is C20H24N2O4. The van der Waals surface area contributed by atoms with Crippen molar-refractivity contribution in [2.24, 2.45) is 5.92 Å². The fraction of sp³-hybridized carbons (Fsp3) is 0.350. The minimum absolute atomic E-state index is 0.169. The lowest BCUT2D eigenvalue weighted by molar-refractivity contribution is -0.108. The predicted molar refractivity (Wildman–Crippen MR) is 96.6 cm³/mol. The van der Waals surface area contributed by atoms with Gasteiger partial charge in [-0.1, -0.05) is 31.2 Å². The minimum Gasteiger partial charge on any atom is -0.457 e. The second-order valence-electron chi connectivity index (χ2n) is 6.66. The summed E-state index contributed by atoms with van der Waals surface area (Å²) >= 11 is 0. The molecule has 138 valence electrons. The Bertz CT molecular complexity index is 761. The highest BCUT2D eigenvalue weighted by molar-refractivity contribution is 5.71. The van der Waals surface area contributed by atoms with Gasteiger partial charge < -0.3 is 4.74 Å². The van der Waals surface area contributed by atoms with Crippen LogP contribution >= 0.6 is 0 Å². The van der Waals surface area contributed by atoms with Crippen molar-refractivity contribution in [2.45, 2.75) is 25.7 Å². The van der Waals surface area contributed by atoms with Gasteiger partial charge >= 0.3 is 6.03 Å². The summed E-state index contributed by atoms with van der Waals surface area (Å²) in [6.45, 7) is 2.31. The molecule has 0 spiro atoms. The van der Waals surface area contributed by atoms with Gasteiger partial charge in [-0.25, -0.2) is 14.9 Å². The van der Waals surface area contributed by atoms with Crippen molar-refractivity contribution < 1.29 is 19.9 Å². The number of hydrogen-bond acceptors (Lipinski definition) is 4. The number of carbonyl (C=O) groups is 1. The second-order valence-corrected chi connectivity index (χ2v) is 6.66. The van der Waals surface area contributed by atoms with Crippen LogP contribution in [-0.4, -0.2) is 40.2 Å². The lowest BCUT2D eigenvalue weighted by Gasteiger charge is -2.18. The van der Waals surface area contributed by atoms with Crippen molar-refractivity contribution in [3.63, 3.8) is 0 Å². The van der Waals surface area contributed by atoms with Gasteiger partial charge in [-0.3, -0.25) is 10.4 Å². The van der Waals surface area contributed by atoms with Crippen LogP contribution in [0.25, 0.3) is 0 Å². The van der Waals surface area contributed by atoms with Crippen LogP contribution in [0, 0.1) is 5.92 Å². The molecule has 0 bridgehead atoms. The Labute approximate surface area is 153 Å². The molecule has 2 aromatic rings. The van der Waals surface area contributed by atoms with Gasteiger partial charge in [0.2, 0.25) is 0 Å². The van der Waals surface area contributed by atoms with Gasteiger partial charge in [-0.05, 0) is 60.1 Å². The molecule has 2 aromatic carbocycles. The minimum atomic E-state index is -0.830. The Balaban J connectivity index is 1.60. The van der Waals surface area contributed by atoms with Crippen molar-refractivity contribution in [1.29, 1.82) is 0 Å². The summed E-state index contributed by atoms with van der Waals surface area (Å²) in [6, 6.07) is 15.1. The van der Waals surface area contributed by atoms with Crippen molar-refractivity contribution in [3.05, 3.63) is 59.7 Å². The van der Waals surface area contributed by atoms with E-state index in [1.807, 2.05) is 36.4 Å². The first-order chi connectivity index (χ1) is 12.5. The van der Waals surface area contributed by atoms with Gasteiger partial charge in [0, 0.05) is 7.05 Å². The monoisotopic (exact) mass is 356 g/mol. The first-order valence-corrected chi connectivity index (χ1v) is 8.77. The molecule has 6 nitrogen and oxygen atoms in total. The normalized spacial score (nSPS) is 18.3. The molecule has 1 fully saturated rings. The van der Waals surface area contributed by atoms with Gasteiger partial charge in [0.1, 0.15) is 11.5 Å². The number of hydrogen-bond donors (Lipinski definition) is 2. The maximum absolute atomic E-state index is 11.5. The number of amides is 2. The van der Waals surface area contributed by atoms with Crippen LogP contribution in [-0.2, 0) is 6.42 Å². The average Bonchev–Trinajstić information content (AvgIpc) is 3.41. The number of benzene rings is 2. The number of carbonyl (C=O) groups excluding carboxylic acids is 1. The Morgan fingerprint density at radius 3 is 2.54 bits per heavy atom. The lowest BCUT2D eigenvalue weighted by atomic mass is 10.1. The first-order valence-electron chi connectivity index (χ1n) is 8.77. The largest absolute Gasteiger partial charge is 0.457 e. The fourth-order valence-corrected chi connectivity index (χ4v) is 3.06.